The summed E-state index contributed by atoms with van der Waals surface area (Å²) in [4.78, 5) is 0. The molecule has 1 atom stereocenters. The van der Waals surface area contributed by atoms with Crippen LogP contribution in [0.3, 0.4) is 0 Å². The summed E-state index contributed by atoms with van der Waals surface area (Å²) in [6.07, 6.45) is 0. The van der Waals surface area contributed by atoms with Crippen molar-refractivity contribution in [2.45, 2.75) is 6.04 Å². The highest BCUT2D eigenvalue weighted by Gasteiger charge is 2.17. The van der Waals surface area contributed by atoms with E-state index in [1.165, 1.54) is 6.07 Å². The number of hydrogen-bond donors (Lipinski definition) is 1. The van der Waals surface area contributed by atoms with Gasteiger partial charge in [0.2, 0.25) is 0 Å². The quantitative estimate of drug-likeness (QED) is 0.883. The number of nitrogens with two attached hydrogens (primary N) is 1. The first-order valence-electron chi connectivity index (χ1n) is 5.14. The Balaban J connectivity index is 2.47. The van der Waals surface area contributed by atoms with Crippen molar-refractivity contribution in [3.05, 3.63) is 70.0 Å². The average Bonchev–Trinajstić information content (AvgIpc) is 2.31. The molecule has 0 radical (unpaired) electrons. The molecule has 2 aromatic carbocycles. The van der Waals surface area contributed by atoms with Crippen molar-refractivity contribution in [3.63, 3.8) is 0 Å². The predicted molar refractivity (Wildman–Crippen MR) is 63.8 cm³/mol. The summed E-state index contributed by atoms with van der Waals surface area (Å²) in [5, 5.41) is 0.0751. The fourth-order valence-corrected chi connectivity index (χ4v) is 1.96. The van der Waals surface area contributed by atoms with Crippen LogP contribution in [0, 0.1) is 17.5 Å². The molecular formula is C13H9ClF3N. The van der Waals surface area contributed by atoms with Gasteiger partial charge >= 0.3 is 0 Å². The van der Waals surface area contributed by atoms with Crippen molar-refractivity contribution in [2.24, 2.45) is 5.73 Å². The van der Waals surface area contributed by atoms with E-state index in [0.717, 1.165) is 30.3 Å². The van der Waals surface area contributed by atoms with Crippen LogP contribution in [0.1, 0.15) is 17.2 Å². The van der Waals surface area contributed by atoms with Gasteiger partial charge in [-0.05, 0) is 35.9 Å². The summed E-state index contributed by atoms with van der Waals surface area (Å²) in [5.74, 6) is -1.75. The maximum absolute atomic E-state index is 13.6. The number of halogens is 4. The summed E-state index contributed by atoms with van der Waals surface area (Å²) in [5.41, 5.74) is 6.13. The molecule has 0 bridgehead atoms. The second-order valence-corrected chi connectivity index (χ2v) is 4.22. The van der Waals surface area contributed by atoms with E-state index in [4.69, 9.17) is 17.3 Å². The Morgan fingerprint density at radius 2 is 1.50 bits per heavy atom. The molecule has 1 nitrogen and oxygen atoms in total. The van der Waals surface area contributed by atoms with Crippen LogP contribution in [-0.4, -0.2) is 0 Å². The zero-order valence-corrected chi connectivity index (χ0v) is 9.89. The lowest BCUT2D eigenvalue weighted by atomic mass is 9.99. The van der Waals surface area contributed by atoms with Crippen LogP contribution in [0.5, 0.6) is 0 Å². The molecule has 0 heterocycles. The zero-order valence-electron chi connectivity index (χ0n) is 9.13. The molecule has 5 heteroatoms. The highest BCUT2D eigenvalue weighted by atomic mass is 35.5. The van der Waals surface area contributed by atoms with Gasteiger partial charge in [0.25, 0.3) is 0 Å². The Kier molecular flexibility index (Phi) is 3.59. The van der Waals surface area contributed by atoms with Crippen LogP contribution in [0.4, 0.5) is 13.2 Å². The van der Waals surface area contributed by atoms with Crippen molar-refractivity contribution in [1.29, 1.82) is 0 Å². The minimum atomic E-state index is -0.950. The third-order valence-electron chi connectivity index (χ3n) is 2.59. The summed E-state index contributed by atoms with van der Waals surface area (Å²) >= 11 is 5.83. The number of hydrogen-bond acceptors (Lipinski definition) is 1. The van der Waals surface area contributed by atoms with Crippen LogP contribution >= 0.6 is 11.6 Å². The first kappa shape index (κ1) is 12.9. The Morgan fingerprint density at radius 3 is 2.17 bits per heavy atom. The van der Waals surface area contributed by atoms with Crippen LogP contribution in [-0.2, 0) is 0 Å². The van der Waals surface area contributed by atoms with E-state index in [1.807, 2.05) is 0 Å². The van der Waals surface area contributed by atoms with E-state index in [0.29, 0.717) is 5.56 Å². The zero-order chi connectivity index (χ0) is 13.3. The van der Waals surface area contributed by atoms with Crippen LogP contribution in [0.15, 0.2) is 36.4 Å². The molecule has 0 aromatic heterocycles. The lowest BCUT2D eigenvalue weighted by molar-refractivity contribution is 0.576. The molecular weight excluding hydrogens is 263 g/mol. The van der Waals surface area contributed by atoms with E-state index in [2.05, 4.69) is 0 Å². The van der Waals surface area contributed by atoms with Crippen molar-refractivity contribution in [1.82, 2.24) is 0 Å². The molecule has 94 valence electrons. The molecule has 0 aliphatic carbocycles. The maximum atomic E-state index is 13.6. The molecule has 0 saturated heterocycles. The first-order valence-corrected chi connectivity index (χ1v) is 5.52. The molecule has 0 aliphatic rings. The second kappa shape index (κ2) is 5.00. The molecule has 0 amide bonds. The van der Waals surface area contributed by atoms with E-state index in [1.54, 1.807) is 0 Å². The standard InChI is InChI=1S/C13H9ClF3N/c14-11-6-8(16)1-3-9(11)13(18)10-5-7(15)2-4-12(10)17/h1-6,13H,18H2. The van der Waals surface area contributed by atoms with E-state index in [-0.39, 0.29) is 10.6 Å². The Bertz CT molecular complexity index is 586. The molecule has 0 spiro atoms. The molecule has 0 fully saturated rings. The fourth-order valence-electron chi connectivity index (χ4n) is 1.67. The topological polar surface area (TPSA) is 26.0 Å². The smallest absolute Gasteiger partial charge is 0.128 e. The number of benzene rings is 2. The summed E-state index contributed by atoms with van der Waals surface area (Å²) in [7, 11) is 0. The molecule has 0 aliphatic heterocycles. The average molecular weight is 272 g/mol. The predicted octanol–water partition coefficient (Wildman–Crippen LogP) is 3.81. The van der Waals surface area contributed by atoms with Crippen molar-refractivity contribution >= 4 is 11.6 Å². The third kappa shape index (κ3) is 2.49. The highest BCUT2D eigenvalue weighted by molar-refractivity contribution is 6.31. The van der Waals surface area contributed by atoms with Gasteiger partial charge in [-0.15, -0.1) is 0 Å². The monoisotopic (exact) mass is 271 g/mol. The van der Waals surface area contributed by atoms with Gasteiger partial charge in [-0.1, -0.05) is 17.7 Å². The summed E-state index contributed by atoms with van der Waals surface area (Å²) in [6.45, 7) is 0. The SMILES string of the molecule is NC(c1cc(F)ccc1F)c1ccc(F)cc1Cl. The second-order valence-electron chi connectivity index (χ2n) is 3.81. The maximum Gasteiger partial charge on any atom is 0.128 e. The third-order valence-corrected chi connectivity index (χ3v) is 2.92. The molecule has 2 rings (SSSR count). The lowest BCUT2D eigenvalue weighted by Crippen LogP contribution is -2.14. The largest absolute Gasteiger partial charge is 0.320 e. The summed E-state index contributed by atoms with van der Waals surface area (Å²) in [6, 6.07) is 5.63. The fraction of sp³-hybridized carbons (Fsp3) is 0.0769. The normalized spacial score (nSPS) is 12.5. The molecule has 2 aromatic rings. The Labute approximate surface area is 107 Å². The van der Waals surface area contributed by atoms with Crippen molar-refractivity contribution in [3.8, 4) is 0 Å². The lowest BCUT2D eigenvalue weighted by Gasteiger charge is -2.15. The molecule has 18 heavy (non-hydrogen) atoms. The summed E-state index contributed by atoms with van der Waals surface area (Å²) < 4.78 is 39.5. The van der Waals surface area contributed by atoms with E-state index < -0.39 is 23.5 Å². The van der Waals surface area contributed by atoms with Gasteiger partial charge in [0.1, 0.15) is 17.5 Å². The minimum Gasteiger partial charge on any atom is -0.320 e. The van der Waals surface area contributed by atoms with Gasteiger partial charge in [-0.3, -0.25) is 0 Å². The Hall–Kier alpha value is -1.52. The van der Waals surface area contributed by atoms with Crippen LogP contribution < -0.4 is 5.73 Å². The van der Waals surface area contributed by atoms with Gasteiger partial charge in [-0.2, -0.15) is 0 Å². The van der Waals surface area contributed by atoms with Crippen molar-refractivity contribution in [2.75, 3.05) is 0 Å². The van der Waals surface area contributed by atoms with Gasteiger partial charge < -0.3 is 5.73 Å². The van der Waals surface area contributed by atoms with Gasteiger partial charge in [0, 0.05) is 10.6 Å². The van der Waals surface area contributed by atoms with Gasteiger partial charge in [-0.25, -0.2) is 13.2 Å². The Morgan fingerprint density at radius 1 is 0.889 bits per heavy atom. The van der Waals surface area contributed by atoms with Crippen LogP contribution in [0.25, 0.3) is 0 Å². The first-order chi connectivity index (χ1) is 8.49. The molecule has 1 unspecified atom stereocenters. The van der Waals surface area contributed by atoms with Gasteiger partial charge in [0.15, 0.2) is 0 Å². The number of rotatable bonds is 2. The van der Waals surface area contributed by atoms with Gasteiger partial charge in [0.05, 0.1) is 6.04 Å². The van der Waals surface area contributed by atoms with Crippen LogP contribution in [0.2, 0.25) is 5.02 Å². The highest BCUT2D eigenvalue weighted by Crippen LogP contribution is 2.28. The molecule has 2 N–H and O–H groups in total. The van der Waals surface area contributed by atoms with Crippen molar-refractivity contribution < 1.29 is 13.2 Å². The molecule has 0 saturated carbocycles. The minimum absolute atomic E-state index is 0.0245. The van der Waals surface area contributed by atoms with E-state index in [9.17, 15) is 13.2 Å². The van der Waals surface area contributed by atoms with E-state index >= 15 is 0 Å².